The Kier molecular flexibility index (Phi) is 5.22. The van der Waals surface area contributed by atoms with E-state index in [0.717, 1.165) is 13.2 Å². The van der Waals surface area contributed by atoms with Crippen LogP contribution in [-0.4, -0.2) is 18.8 Å². The van der Waals surface area contributed by atoms with Crippen LogP contribution in [0.15, 0.2) is 18.2 Å². The lowest BCUT2D eigenvalue weighted by molar-refractivity contribution is -0.0623. The van der Waals surface area contributed by atoms with E-state index in [0.29, 0.717) is 6.04 Å². The van der Waals surface area contributed by atoms with Crippen LogP contribution in [0.2, 0.25) is 0 Å². The van der Waals surface area contributed by atoms with Crippen molar-refractivity contribution in [1.29, 1.82) is 0 Å². The zero-order chi connectivity index (χ0) is 14.6. The number of benzene rings is 1. The number of aryl methyl sites for hydroxylation is 2. The monoisotopic (exact) mass is 275 g/mol. The molecule has 1 aliphatic carbocycles. The quantitative estimate of drug-likeness (QED) is 0.835. The molecule has 2 heteroatoms. The van der Waals surface area contributed by atoms with Crippen molar-refractivity contribution in [3.63, 3.8) is 0 Å². The average Bonchev–Trinajstić information content (AvgIpc) is 2.89. The first-order valence-electron chi connectivity index (χ1n) is 8.07. The van der Waals surface area contributed by atoms with Gasteiger partial charge in [0.15, 0.2) is 0 Å². The van der Waals surface area contributed by atoms with Gasteiger partial charge in [-0.2, -0.15) is 0 Å². The molecule has 1 N–H and O–H groups in total. The van der Waals surface area contributed by atoms with E-state index in [-0.39, 0.29) is 5.60 Å². The predicted octanol–water partition coefficient (Wildman–Crippen LogP) is 4.30. The van der Waals surface area contributed by atoms with Crippen molar-refractivity contribution in [1.82, 2.24) is 5.32 Å². The number of nitrogens with one attached hydrogen (secondary N) is 1. The molecule has 1 aromatic rings. The molecular formula is C18H29NO. The van der Waals surface area contributed by atoms with Gasteiger partial charge in [0.05, 0.1) is 11.6 Å². The summed E-state index contributed by atoms with van der Waals surface area (Å²) in [5.74, 6) is 0. The second kappa shape index (κ2) is 6.73. The van der Waals surface area contributed by atoms with Crippen molar-refractivity contribution in [2.75, 3.05) is 13.2 Å². The summed E-state index contributed by atoms with van der Waals surface area (Å²) >= 11 is 0. The molecule has 0 aromatic heterocycles. The summed E-state index contributed by atoms with van der Waals surface area (Å²) in [5.41, 5.74) is 4.10. The van der Waals surface area contributed by atoms with E-state index in [1.807, 2.05) is 0 Å². The summed E-state index contributed by atoms with van der Waals surface area (Å²) in [6.07, 6.45) is 4.91. The smallest absolute Gasteiger partial charge is 0.0876 e. The van der Waals surface area contributed by atoms with Crippen LogP contribution in [0.25, 0.3) is 0 Å². The van der Waals surface area contributed by atoms with Crippen molar-refractivity contribution in [2.24, 2.45) is 0 Å². The summed E-state index contributed by atoms with van der Waals surface area (Å²) < 4.78 is 6.27. The van der Waals surface area contributed by atoms with E-state index < -0.39 is 0 Å². The van der Waals surface area contributed by atoms with Gasteiger partial charge >= 0.3 is 0 Å². The van der Waals surface area contributed by atoms with Gasteiger partial charge in [0, 0.05) is 6.61 Å². The minimum atomic E-state index is -0.00748. The zero-order valence-electron chi connectivity index (χ0n) is 13.5. The second-order valence-corrected chi connectivity index (χ2v) is 6.04. The molecule has 0 heterocycles. The van der Waals surface area contributed by atoms with Crippen LogP contribution in [0.4, 0.5) is 0 Å². The van der Waals surface area contributed by atoms with Gasteiger partial charge in [-0.25, -0.2) is 0 Å². The van der Waals surface area contributed by atoms with Crippen LogP contribution >= 0.6 is 0 Å². The molecule has 1 unspecified atom stereocenters. The third-order valence-electron chi connectivity index (χ3n) is 4.68. The summed E-state index contributed by atoms with van der Waals surface area (Å²) in [6.45, 7) is 10.4. The van der Waals surface area contributed by atoms with Crippen LogP contribution in [0, 0.1) is 13.8 Å². The van der Waals surface area contributed by atoms with E-state index >= 15 is 0 Å². The Hall–Kier alpha value is -0.860. The molecule has 20 heavy (non-hydrogen) atoms. The molecule has 0 bridgehead atoms. The molecule has 0 spiro atoms. The second-order valence-electron chi connectivity index (χ2n) is 6.04. The first-order valence-corrected chi connectivity index (χ1v) is 8.07. The number of likely N-dealkylation sites (N-methyl/N-ethyl adjacent to an activating group) is 1. The maximum Gasteiger partial charge on any atom is 0.0876 e. The minimum Gasteiger partial charge on any atom is -0.373 e. The predicted molar refractivity (Wildman–Crippen MR) is 85.2 cm³/mol. The molecule has 1 fully saturated rings. The highest BCUT2D eigenvalue weighted by Crippen LogP contribution is 2.43. The third kappa shape index (κ3) is 3.07. The van der Waals surface area contributed by atoms with Crippen LogP contribution in [-0.2, 0) is 4.74 Å². The fourth-order valence-corrected chi connectivity index (χ4v) is 3.53. The molecule has 0 amide bonds. The van der Waals surface area contributed by atoms with Gasteiger partial charge in [-0.15, -0.1) is 0 Å². The van der Waals surface area contributed by atoms with Gasteiger partial charge in [-0.1, -0.05) is 38.0 Å². The largest absolute Gasteiger partial charge is 0.373 e. The molecule has 0 saturated heterocycles. The lowest BCUT2D eigenvalue weighted by atomic mass is 9.85. The van der Waals surface area contributed by atoms with E-state index in [1.54, 1.807) is 0 Å². The molecule has 1 aromatic carbocycles. The van der Waals surface area contributed by atoms with Crippen LogP contribution in [0.1, 0.15) is 62.3 Å². The summed E-state index contributed by atoms with van der Waals surface area (Å²) in [4.78, 5) is 0. The van der Waals surface area contributed by atoms with Gasteiger partial charge in [0.25, 0.3) is 0 Å². The average molecular weight is 275 g/mol. The summed E-state index contributed by atoms with van der Waals surface area (Å²) in [6, 6.07) is 7.16. The molecular weight excluding hydrogens is 246 g/mol. The van der Waals surface area contributed by atoms with Crippen molar-refractivity contribution < 1.29 is 4.74 Å². The molecule has 0 radical (unpaired) electrons. The zero-order valence-corrected chi connectivity index (χ0v) is 13.5. The van der Waals surface area contributed by atoms with Gasteiger partial charge in [-0.3, -0.25) is 0 Å². The maximum absolute atomic E-state index is 6.27. The Bertz CT molecular complexity index is 435. The number of hydrogen-bond donors (Lipinski definition) is 1. The standard InChI is InChI=1S/C18H29NO/c1-5-19-17(16-10-9-14(3)15(4)13-16)18(20-6-2)11-7-8-12-18/h9-10,13,17,19H,5-8,11-12H2,1-4H3. The van der Waals surface area contributed by atoms with E-state index in [2.05, 4.69) is 51.2 Å². The number of rotatable bonds is 6. The Morgan fingerprint density at radius 3 is 2.40 bits per heavy atom. The SMILES string of the molecule is CCNC(c1ccc(C)c(C)c1)C1(OCC)CCCC1. The first-order chi connectivity index (χ1) is 9.63. The molecule has 2 nitrogen and oxygen atoms in total. The van der Waals surface area contributed by atoms with E-state index in [4.69, 9.17) is 4.74 Å². The molecule has 0 aliphatic heterocycles. The van der Waals surface area contributed by atoms with Crippen molar-refractivity contribution in [2.45, 2.75) is 65.0 Å². The van der Waals surface area contributed by atoms with Crippen LogP contribution < -0.4 is 5.32 Å². The van der Waals surface area contributed by atoms with Gasteiger partial charge in [0.1, 0.15) is 0 Å². The molecule has 2 rings (SSSR count). The minimum absolute atomic E-state index is 0.00748. The maximum atomic E-state index is 6.27. The van der Waals surface area contributed by atoms with E-state index in [1.165, 1.54) is 42.4 Å². The van der Waals surface area contributed by atoms with Crippen molar-refractivity contribution in [3.8, 4) is 0 Å². The Morgan fingerprint density at radius 1 is 1.15 bits per heavy atom. The van der Waals surface area contributed by atoms with Crippen molar-refractivity contribution in [3.05, 3.63) is 34.9 Å². The Morgan fingerprint density at radius 2 is 1.85 bits per heavy atom. The molecule has 1 atom stereocenters. The number of hydrogen-bond acceptors (Lipinski definition) is 2. The van der Waals surface area contributed by atoms with E-state index in [9.17, 15) is 0 Å². The van der Waals surface area contributed by atoms with Gasteiger partial charge in [-0.05, 0) is 56.8 Å². The van der Waals surface area contributed by atoms with Crippen molar-refractivity contribution >= 4 is 0 Å². The van der Waals surface area contributed by atoms with Crippen LogP contribution in [0.3, 0.4) is 0 Å². The molecule has 1 saturated carbocycles. The summed E-state index contributed by atoms with van der Waals surface area (Å²) in [5, 5.41) is 3.69. The normalized spacial score (nSPS) is 19.2. The fraction of sp³-hybridized carbons (Fsp3) is 0.667. The van der Waals surface area contributed by atoms with Gasteiger partial charge < -0.3 is 10.1 Å². The highest BCUT2D eigenvalue weighted by molar-refractivity contribution is 5.33. The first kappa shape index (κ1) is 15.5. The topological polar surface area (TPSA) is 21.3 Å². The molecule has 112 valence electrons. The highest BCUT2D eigenvalue weighted by Gasteiger charge is 2.42. The molecule has 1 aliphatic rings. The fourth-order valence-electron chi connectivity index (χ4n) is 3.53. The third-order valence-corrected chi connectivity index (χ3v) is 4.68. The highest BCUT2D eigenvalue weighted by atomic mass is 16.5. The van der Waals surface area contributed by atoms with Crippen LogP contribution in [0.5, 0.6) is 0 Å². The van der Waals surface area contributed by atoms with Gasteiger partial charge in [0.2, 0.25) is 0 Å². The summed E-state index contributed by atoms with van der Waals surface area (Å²) in [7, 11) is 0. The Labute approximate surface area is 123 Å². The lowest BCUT2D eigenvalue weighted by Crippen LogP contribution is -2.44. The number of ether oxygens (including phenoxy) is 1. The Balaban J connectivity index is 2.35. The lowest BCUT2D eigenvalue weighted by Gasteiger charge is -2.38.